The highest BCUT2D eigenvalue weighted by atomic mass is 16.2. The van der Waals surface area contributed by atoms with Gasteiger partial charge in [-0.25, -0.2) is 0 Å². The third-order valence-electron chi connectivity index (χ3n) is 6.02. The minimum Gasteiger partial charge on any atom is -0.336 e. The first-order valence-electron chi connectivity index (χ1n) is 8.30. The Bertz CT molecular complexity index is 359. The lowest BCUT2D eigenvalue weighted by molar-refractivity contribution is -0.151. The lowest BCUT2D eigenvalue weighted by Crippen LogP contribution is -2.54. The van der Waals surface area contributed by atoms with E-state index >= 15 is 0 Å². The minimum atomic E-state index is 0.385. The van der Waals surface area contributed by atoms with Crippen molar-refractivity contribution in [2.45, 2.75) is 69.9 Å². The van der Waals surface area contributed by atoms with Gasteiger partial charge >= 0.3 is 0 Å². The molecule has 4 rings (SSSR count). The predicted molar refractivity (Wildman–Crippen MR) is 74.8 cm³/mol. The monoisotopic (exact) mass is 262 g/mol. The molecule has 0 atom stereocenters. The molecule has 1 N–H and O–H groups in total. The SMILES string of the molecule is O=C(C1CC2(CCC2)C1)N(C1CCNCC1)C1CC1. The molecule has 1 saturated heterocycles. The molecule has 0 aromatic carbocycles. The molecule has 4 fully saturated rings. The summed E-state index contributed by atoms with van der Waals surface area (Å²) >= 11 is 0. The van der Waals surface area contributed by atoms with Gasteiger partial charge in [0.2, 0.25) is 5.91 Å². The van der Waals surface area contributed by atoms with Crippen LogP contribution in [-0.2, 0) is 4.79 Å². The summed E-state index contributed by atoms with van der Waals surface area (Å²) in [6.45, 7) is 2.19. The molecule has 1 heterocycles. The number of carbonyl (C=O) groups excluding carboxylic acids is 1. The highest BCUT2D eigenvalue weighted by Gasteiger charge is 2.53. The van der Waals surface area contributed by atoms with Crippen molar-refractivity contribution >= 4 is 5.91 Å². The fourth-order valence-corrected chi connectivity index (χ4v) is 4.55. The summed E-state index contributed by atoms with van der Waals surface area (Å²) in [5.74, 6) is 0.905. The van der Waals surface area contributed by atoms with Crippen LogP contribution in [-0.4, -0.2) is 36.0 Å². The standard InChI is InChI=1S/C16H26N2O/c19-15(12-10-16(11-12)6-1-7-16)18(13-2-3-13)14-4-8-17-9-5-14/h12-14,17H,1-11H2. The van der Waals surface area contributed by atoms with Crippen LogP contribution in [0.5, 0.6) is 0 Å². The van der Waals surface area contributed by atoms with Gasteiger partial charge in [-0.05, 0) is 69.9 Å². The van der Waals surface area contributed by atoms with Gasteiger partial charge in [-0.2, -0.15) is 0 Å². The number of rotatable bonds is 3. The maximum absolute atomic E-state index is 12.8. The Balaban J connectivity index is 1.41. The van der Waals surface area contributed by atoms with Crippen LogP contribution in [0.4, 0.5) is 0 Å². The Hall–Kier alpha value is -0.570. The zero-order valence-electron chi connectivity index (χ0n) is 11.9. The van der Waals surface area contributed by atoms with Crippen LogP contribution in [0.3, 0.4) is 0 Å². The van der Waals surface area contributed by atoms with E-state index in [-0.39, 0.29) is 0 Å². The van der Waals surface area contributed by atoms with Gasteiger partial charge in [-0.1, -0.05) is 6.42 Å². The van der Waals surface area contributed by atoms with Crippen LogP contribution in [0.2, 0.25) is 0 Å². The Kier molecular flexibility index (Phi) is 2.87. The lowest BCUT2D eigenvalue weighted by Gasteiger charge is -2.54. The van der Waals surface area contributed by atoms with Crippen molar-refractivity contribution in [2.75, 3.05) is 13.1 Å². The average molecular weight is 262 g/mol. The molecule has 3 heteroatoms. The summed E-state index contributed by atoms with van der Waals surface area (Å²) in [4.78, 5) is 15.2. The van der Waals surface area contributed by atoms with Gasteiger partial charge < -0.3 is 10.2 Å². The topological polar surface area (TPSA) is 32.3 Å². The van der Waals surface area contributed by atoms with Crippen molar-refractivity contribution in [3.05, 3.63) is 0 Å². The highest BCUT2D eigenvalue weighted by molar-refractivity contribution is 5.81. The molecule has 3 nitrogen and oxygen atoms in total. The second-order valence-corrected chi connectivity index (χ2v) is 7.42. The highest BCUT2D eigenvalue weighted by Crippen LogP contribution is 2.59. The summed E-state index contributed by atoms with van der Waals surface area (Å²) in [6, 6.07) is 1.15. The van der Waals surface area contributed by atoms with Crippen molar-refractivity contribution in [1.29, 1.82) is 0 Å². The lowest BCUT2D eigenvalue weighted by atomic mass is 9.51. The van der Waals surface area contributed by atoms with E-state index in [2.05, 4.69) is 10.2 Å². The van der Waals surface area contributed by atoms with E-state index in [9.17, 15) is 4.79 Å². The molecule has 3 saturated carbocycles. The molecule has 1 spiro atoms. The van der Waals surface area contributed by atoms with Gasteiger partial charge in [-0.15, -0.1) is 0 Å². The van der Waals surface area contributed by atoms with Gasteiger partial charge in [-0.3, -0.25) is 4.79 Å². The average Bonchev–Trinajstić information content (AvgIpc) is 3.11. The fourth-order valence-electron chi connectivity index (χ4n) is 4.55. The van der Waals surface area contributed by atoms with Crippen LogP contribution >= 0.6 is 0 Å². The van der Waals surface area contributed by atoms with E-state index in [1.807, 2.05) is 0 Å². The first-order valence-corrected chi connectivity index (χ1v) is 8.30. The molecule has 1 amide bonds. The smallest absolute Gasteiger partial charge is 0.226 e. The summed E-state index contributed by atoms with van der Waals surface area (Å²) < 4.78 is 0. The Morgan fingerprint density at radius 2 is 1.63 bits per heavy atom. The normalized spacial score (nSPS) is 30.7. The number of piperidine rings is 1. The molecular weight excluding hydrogens is 236 g/mol. The molecule has 4 aliphatic rings. The molecule has 0 aromatic heterocycles. The summed E-state index contributed by atoms with van der Waals surface area (Å²) in [5, 5.41) is 3.42. The van der Waals surface area contributed by atoms with Gasteiger partial charge in [0.1, 0.15) is 0 Å². The number of hydrogen-bond acceptors (Lipinski definition) is 2. The van der Waals surface area contributed by atoms with Crippen LogP contribution < -0.4 is 5.32 Å². The van der Waals surface area contributed by atoms with Crippen LogP contribution in [0, 0.1) is 11.3 Å². The Morgan fingerprint density at radius 1 is 1.00 bits per heavy atom. The van der Waals surface area contributed by atoms with Gasteiger partial charge in [0, 0.05) is 18.0 Å². The summed E-state index contributed by atoms with van der Waals surface area (Å²) in [5.41, 5.74) is 0.629. The second-order valence-electron chi connectivity index (χ2n) is 7.42. The van der Waals surface area contributed by atoms with E-state index in [0.29, 0.717) is 29.3 Å². The van der Waals surface area contributed by atoms with Crippen LogP contribution in [0.15, 0.2) is 0 Å². The number of amides is 1. The molecule has 0 aromatic rings. The van der Waals surface area contributed by atoms with E-state index < -0.39 is 0 Å². The summed E-state index contributed by atoms with van der Waals surface area (Å²) in [7, 11) is 0. The molecule has 0 radical (unpaired) electrons. The van der Waals surface area contributed by atoms with Crippen molar-refractivity contribution in [3.63, 3.8) is 0 Å². The quantitative estimate of drug-likeness (QED) is 0.846. The van der Waals surface area contributed by atoms with Gasteiger partial charge in [0.25, 0.3) is 0 Å². The summed E-state index contributed by atoms with van der Waals surface area (Å²) in [6.07, 6.45) is 11.5. The fraction of sp³-hybridized carbons (Fsp3) is 0.938. The molecule has 0 bridgehead atoms. The van der Waals surface area contributed by atoms with Crippen molar-refractivity contribution in [3.8, 4) is 0 Å². The van der Waals surface area contributed by atoms with Crippen molar-refractivity contribution < 1.29 is 4.79 Å². The molecule has 1 aliphatic heterocycles. The zero-order chi connectivity index (χ0) is 12.9. The van der Waals surface area contributed by atoms with E-state index in [1.165, 1.54) is 57.8 Å². The minimum absolute atomic E-state index is 0.385. The first-order chi connectivity index (χ1) is 9.27. The number of carbonyl (C=O) groups is 1. The third kappa shape index (κ3) is 2.10. The Morgan fingerprint density at radius 3 is 2.16 bits per heavy atom. The second kappa shape index (κ2) is 4.47. The largest absolute Gasteiger partial charge is 0.336 e. The van der Waals surface area contributed by atoms with Gasteiger partial charge in [0.15, 0.2) is 0 Å². The molecule has 3 aliphatic carbocycles. The van der Waals surface area contributed by atoms with Crippen molar-refractivity contribution in [2.24, 2.45) is 11.3 Å². The van der Waals surface area contributed by atoms with E-state index in [4.69, 9.17) is 0 Å². The van der Waals surface area contributed by atoms with Crippen molar-refractivity contribution in [1.82, 2.24) is 10.2 Å². The molecule has 19 heavy (non-hydrogen) atoms. The molecule has 0 unspecified atom stereocenters. The number of nitrogens with zero attached hydrogens (tertiary/aromatic N) is 1. The molecule has 106 valence electrons. The number of nitrogens with one attached hydrogen (secondary N) is 1. The predicted octanol–water partition coefficient (Wildman–Crippen LogP) is 2.31. The maximum Gasteiger partial charge on any atom is 0.226 e. The number of hydrogen-bond donors (Lipinski definition) is 1. The first kappa shape index (κ1) is 12.2. The molecular formula is C16H26N2O. The zero-order valence-corrected chi connectivity index (χ0v) is 11.9. The van der Waals surface area contributed by atoms with Crippen LogP contribution in [0.1, 0.15) is 57.8 Å². The van der Waals surface area contributed by atoms with E-state index in [0.717, 1.165) is 13.1 Å². The van der Waals surface area contributed by atoms with Gasteiger partial charge in [0.05, 0.1) is 0 Å². The maximum atomic E-state index is 12.8. The third-order valence-corrected chi connectivity index (χ3v) is 6.02. The van der Waals surface area contributed by atoms with E-state index in [1.54, 1.807) is 0 Å². The Labute approximate surface area is 116 Å². The van der Waals surface area contributed by atoms with Crippen LogP contribution in [0.25, 0.3) is 0 Å².